The molecule has 0 bridgehead atoms. The average molecular weight is 257 g/mol. The van der Waals surface area contributed by atoms with Gasteiger partial charge in [-0.2, -0.15) is 0 Å². The highest BCUT2D eigenvalue weighted by Gasteiger charge is 2.14. The molecule has 0 saturated carbocycles. The summed E-state index contributed by atoms with van der Waals surface area (Å²) in [5.41, 5.74) is 0.574. The molecule has 0 spiro atoms. The fraction of sp³-hybridized carbons (Fsp3) is 0.636. The summed E-state index contributed by atoms with van der Waals surface area (Å²) in [5.74, 6) is -0.908. The second-order valence-electron chi connectivity index (χ2n) is 4.38. The van der Waals surface area contributed by atoms with Crippen LogP contribution in [0, 0.1) is 6.92 Å². The van der Waals surface area contributed by atoms with Crippen LogP contribution in [-0.2, 0) is 0 Å². The van der Waals surface area contributed by atoms with Crippen LogP contribution in [0.2, 0.25) is 0 Å². The third-order valence-corrected chi connectivity index (χ3v) is 3.45. The number of aromatic nitrogens is 1. The van der Waals surface area contributed by atoms with E-state index in [1.54, 1.807) is 6.92 Å². The Hall–Kier alpha value is -1.14. The van der Waals surface area contributed by atoms with Crippen LogP contribution >= 0.6 is 11.3 Å². The van der Waals surface area contributed by atoms with Crippen molar-refractivity contribution >= 4 is 22.4 Å². The number of anilines is 1. The SMILES string of the molecule is Cc1nc(NC(C)CCN(C)C)sc1C(=O)O. The summed E-state index contributed by atoms with van der Waals surface area (Å²) < 4.78 is 0. The first-order valence-electron chi connectivity index (χ1n) is 5.52. The first kappa shape index (κ1) is 13.9. The molecular weight excluding hydrogens is 238 g/mol. The number of hydrogen-bond donors (Lipinski definition) is 2. The highest BCUT2D eigenvalue weighted by molar-refractivity contribution is 7.17. The topological polar surface area (TPSA) is 65.5 Å². The molecule has 1 aromatic heterocycles. The lowest BCUT2D eigenvalue weighted by atomic mass is 10.2. The Kier molecular flexibility index (Phi) is 4.89. The maximum Gasteiger partial charge on any atom is 0.347 e. The second-order valence-corrected chi connectivity index (χ2v) is 5.38. The lowest BCUT2D eigenvalue weighted by Gasteiger charge is -2.15. The van der Waals surface area contributed by atoms with Gasteiger partial charge in [0.1, 0.15) is 4.88 Å². The number of aromatic carboxylic acids is 1. The van der Waals surface area contributed by atoms with Crippen LogP contribution in [0.1, 0.15) is 28.7 Å². The number of thiazole rings is 1. The van der Waals surface area contributed by atoms with Crippen molar-refractivity contribution in [1.82, 2.24) is 9.88 Å². The molecule has 0 aromatic carbocycles. The smallest absolute Gasteiger partial charge is 0.347 e. The molecule has 0 aliphatic rings. The van der Waals surface area contributed by atoms with E-state index in [-0.39, 0.29) is 6.04 Å². The molecule has 1 rings (SSSR count). The van der Waals surface area contributed by atoms with Crippen molar-refractivity contribution in [2.24, 2.45) is 0 Å². The Morgan fingerprint density at radius 2 is 2.24 bits per heavy atom. The molecule has 96 valence electrons. The third kappa shape index (κ3) is 4.32. The maximum absolute atomic E-state index is 10.9. The lowest BCUT2D eigenvalue weighted by Crippen LogP contribution is -2.22. The molecule has 0 aliphatic heterocycles. The minimum atomic E-state index is -0.908. The van der Waals surface area contributed by atoms with Gasteiger partial charge in [-0.15, -0.1) is 0 Å². The molecule has 1 heterocycles. The molecule has 0 amide bonds. The van der Waals surface area contributed by atoms with Crippen molar-refractivity contribution in [2.45, 2.75) is 26.3 Å². The van der Waals surface area contributed by atoms with Gasteiger partial charge in [0.2, 0.25) is 0 Å². The number of hydrogen-bond acceptors (Lipinski definition) is 5. The van der Waals surface area contributed by atoms with Gasteiger partial charge in [0.25, 0.3) is 0 Å². The lowest BCUT2D eigenvalue weighted by molar-refractivity contribution is 0.0701. The predicted molar refractivity (Wildman–Crippen MR) is 70.1 cm³/mol. The standard InChI is InChI=1S/C11H19N3O2S/c1-7(5-6-14(3)4)12-11-13-8(2)9(17-11)10(15)16/h7H,5-6H2,1-4H3,(H,12,13)(H,15,16). The number of carboxylic acid groups (broad SMARTS) is 1. The van der Waals surface area contributed by atoms with Gasteiger partial charge >= 0.3 is 5.97 Å². The molecule has 0 fully saturated rings. The van der Waals surface area contributed by atoms with Gasteiger partial charge < -0.3 is 15.3 Å². The van der Waals surface area contributed by atoms with E-state index in [9.17, 15) is 4.79 Å². The largest absolute Gasteiger partial charge is 0.477 e. The zero-order valence-corrected chi connectivity index (χ0v) is 11.5. The van der Waals surface area contributed by atoms with Crippen molar-refractivity contribution in [1.29, 1.82) is 0 Å². The fourth-order valence-corrected chi connectivity index (χ4v) is 2.31. The van der Waals surface area contributed by atoms with E-state index in [1.807, 2.05) is 14.1 Å². The summed E-state index contributed by atoms with van der Waals surface area (Å²) in [6.07, 6.45) is 0.994. The Balaban J connectivity index is 2.57. The number of carbonyl (C=O) groups is 1. The number of rotatable bonds is 6. The Labute approximate surface area is 105 Å². The molecule has 17 heavy (non-hydrogen) atoms. The summed E-state index contributed by atoms with van der Waals surface area (Å²) >= 11 is 1.19. The van der Waals surface area contributed by atoms with Crippen LogP contribution in [0.15, 0.2) is 0 Å². The zero-order valence-electron chi connectivity index (χ0n) is 10.6. The number of carboxylic acids is 1. The molecular formula is C11H19N3O2S. The van der Waals surface area contributed by atoms with Crippen molar-refractivity contribution in [3.63, 3.8) is 0 Å². The highest BCUT2D eigenvalue weighted by Crippen LogP contribution is 2.23. The summed E-state index contributed by atoms with van der Waals surface area (Å²) in [6, 6.07) is 0.282. The van der Waals surface area contributed by atoms with Crippen LogP contribution in [-0.4, -0.2) is 47.6 Å². The van der Waals surface area contributed by atoms with Gasteiger partial charge in [-0.1, -0.05) is 11.3 Å². The minimum Gasteiger partial charge on any atom is -0.477 e. The van der Waals surface area contributed by atoms with E-state index in [0.29, 0.717) is 15.7 Å². The van der Waals surface area contributed by atoms with Crippen molar-refractivity contribution in [3.8, 4) is 0 Å². The van der Waals surface area contributed by atoms with Gasteiger partial charge in [-0.25, -0.2) is 9.78 Å². The number of nitrogens with one attached hydrogen (secondary N) is 1. The number of nitrogens with zero attached hydrogens (tertiary/aromatic N) is 2. The van der Waals surface area contributed by atoms with Crippen LogP contribution in [0.4, 0.5) is 5.13 Å². The van der Waals surface area contributed by atoms with Crippen LogP contribution in [0.5, 0.6) is 0 Å². The highest BCUT2D eigenvalue weighted by atomic mass is 32.1. The molecule has 0 radical (unpaired) electrons. The molecule has 6 heteroatoms. The summed E-state index contributed by atoms with van der Waals surface area (Å²) in [6.45, 7) is 4.78. The van der Waals surface area contributed by atoms with Gasteiger partial charge in [0, 0.05) is 6.04 Å². The van der Waals surface area contributed by atoms with E-state index in [4.69, 9.17) is 5.11 Å². The normalized spacial score (nSPS) is 12.8. The maximum atomic E-state index is 10.9. The molecule has 2 N–H and O–H groups in total. The molecule has 0 saturated heterocycles. The monoisotopic (exact) mass is 257 g/mol. The van der Waals surface area contributed by atoms with E-state index in [2.05, 4.69) is 22.1 Å². The van der Waals surface area contributed by atoms with Crippen LogP contribution in [0.3, 0.4) is 0 Å². The Morgan fingerprint density at radius 3 is 2.71 bits per heavy atom. The summed E-state index contributed by atoms with van der Waals surface area (Å²) in [5, 5.41) is 12.8. The summed E-state index contributed by atoms with van der Waals surface area (Å²) in [4.78, 5) is 17.5. The van der Waals surface area contributed by atoms with Crippen molar-refractivity contribution < 1.29 is 9.90 Å². The van der Waals surface area contributed by atoms with E-state index in [0.717, 1.165) is 13.0 Å². The van der Waals surface area contributed by atoms with E-state index < -0.39 is 5.97 Å². The minimum absolute atomic E-state index is 0.282. The molecule has 5 nitrogen and oxygen atoms in total. The van der Waals surface area contributed by atoms with Crippen LogP contribution < -0.4 is 5.32 Å². The third-order valence-electron chi connectivity index (χ3n) is 2.37. The van der Waals surface area contributed by atoms with Gasteiger partial charge in [-0.05, 0) is 40.9 Å². The van der Waals surface area contributed by atoms with E-state index >= 15 is 0 Å². The average Bonchev–Trinajstić information content (AvgIpc) is 2.56. The zero-order chi connectivity index (χ0) is 13.0. The van der Waals surface area contributed by atoms with Crippen LogP contribution in [0.25, 0.3) is 0 Å². The Morgan fingerprint density at radius 1 is 1.59 bits per heavy atom. The van der Waals surface area contributed by atoms with Gasteiger partial charge in [0.15, 0.2) is 5.13 Å². The number of aryl methyl sites for hydroxylation is 1. The first-order valence-corrected chi connectivity index (χ1v) is 6.33. The van der Waals surface area contributed by atoms with Gasteiger partial charge in [0.05, 0.1) is 5.69 Å². The quantitative estimate of drug-likeness (QED) is 0.815. The van der Waals surface area contributed by atoms with Crippen molar-refractivity contribution in [3.05, 3.63) is 10.6 Å². The molecule has 1 aromatic rings. The summed E-state index contributed by atoms with van der Waals surface area (Å²) in [7, 11) is 4.06. The fourth-order valence-electron chi connectivity index (χ4n) is 1.39. The predicted octanol–water partition coefficient (Wildman–Crippen LogP) is 1.90. The van der Waals surface area contributed by atoms with Gasteiger partial charge in [-0.3, -0.25) is 0 Å². The molecule has 0 aliphatic carbocycles. The first-order chi connectivity index (χ1) is 7.90. The Bertz CT molecular complexity index is 390. The molecule has 1 unspecified atom stereocenters. The van der Waals surface area contributed by atoms with E-state index in [1.165, 1.54) is 11.3 Å². The molecule has 1 atom stereocenters. The second kappa shape index (κ2) is 5.97. The van der Waals surface area contributed by atoms with Crippen molar-refractivity contribution in [2.75, 3.05) is 26.0 Å².